The first-order chi connectivity index (χ1) is 13.1. The maximum atomic E-state index is 12.5. The van der Waals surface area contributed by atoms with Gasteiger partial charge in [-0.3, -0.25) is 4.79 Å². The van der Waals surface area contributed by atoms with Crippen molar-refractivity contribution in [3.8, 4) is 11.5 Å². The van der Waals surface area contributed by atoms with E-state index in [-0.39, 0.29) is 5.91 Å². The van der Waals surface area contributed by atoms with E-state index in [1.807, 2.05) is 18.2 Å². The number of hydrogen-bond donors (Lipinski definition) is 1. The molecule has 1 aliphatic carbocycles. The molecule has 1 unspecified atom stereocenters. The summed E-state index contributed by atoms with van der Waals surface area (Å²) in [6.45, 7) is 2.72. The van der Waals surface area contributed by atoms with Gasteiger partial charge in [-0.05, 0) is 61.3 Å². The molecular weight excluding hydrogens is 338 g/mol. The van der Waals surface area contributed by atoms with Crippen LogP contribution in [-0.4, -0.2) is 26.7 Å². The highest BCUT2D eigenvalue weighted by Gasteiger charge is 2.33. The summed E-state index contributed by atoms with van der Waals surface area (Å²) in [5, 5.41) is 3.08. The Labute approximate surface area is 161 Å². The van der Waals surface area contributed by atoms with Gasteiger partial charge in [0.05, 0.1) is 14.2 Å². The SMILES string of the molecule is COc1ccc(CCNC(=O)CC(c2ccc(C)cc2)C2CC2)cc1OC. The summed E-state index contributed by atoms with van der Waals surface area (Å²) in [5.74, 6) is 2.56. The minimum absolute atomic E-state index is 0.132. The molecule has 144 valence electrons. The van der Waals surface area contributed by atoms with Crippen molar-refractivity contribution in [3.05, 3.63) is 59.2 Å². The van der Waals surface area contributed by atoms with Crippen molar-refractivity contribution in [2.24, 2.45) is 5.92 Å². The molecule has 1 fully saturated rings. The lowest BCUT2D eigenvalue weighted by Gasteiger charge is -2.17. The monoisotopic (exact) mass is 367 g/mol. The van der Waals surface area contributed by atoms with E-state index in [4.69, 9.17) is 9.47 Å². The van der Waals surface area contributed by atoms with Gasteiger partial charge >= 0.3 is 0 Å². The zero-order valence-corrected chi connectivity index (χ0v) is 16.5. The lowest BCUT2D eigenvalue weighted by molar-refractivity contribution is -0.121. The molecule has 1 atom stereocenters. The predicted molar refractivity (Wildman–Crippen MR) is 108 cm³/mol. The van der Waals surface area contributed by atoms with Crippen LogP contribution in [0.4, 0.5) is 0 Å². The van der Waals surface area contributed by atoms with Crippen LogP contribution in [0.5, 0.6) is 11.5 Å². The second-order valence-electron chi connectivity index (χ2n) is 7.35. The molecule has 1 aliphatic rings. The Hall–Kier alpha value is -2.49. The Kier molecular flexibility index (Phi) is 6.38. The molecule has 1 amide bonds. The molecule has 2 aromatic carbocycles. The number of rotatable bonds is 9. The number of nitrogens with one attached hydrogen (secondary N) is 1. The molecule has 1 N–H and O–H groups in total. The molecule has 0 saturated heterocycles. The van der Waals surface area contributed by atoms with Gasteiger partial charge in [0.1, 0.15) is 0 Å². The first-order valence-electron chi connectivity index (χ1n) is 9.65. The van der Waals surface area contributed by atoms with Crippen LogP contribution >= 0.6 is 0 Å². The van der Waals surface area contributed by atoms with Crippen LogP contribution in [-0.2, 0) is 11.2 Å². The van der Waals surface area contributed by atoms with Gasteiger partial charge < -0.3 is 14.8 Å². The van der Waals surface area contributed by atoms with E-state index in [9.17, 15) is 4.79 Å². The van der Waals surface area contributed by atoms with E-state index in [1.54, 1.807) is 14.2 Å². The number of amides is 1. The van der Waals surface area contributed by atoms with Crippen LogP contribution in [0.25, 0.3) is 0 Å². The molecule has 4 heteroatoms. The Morgan fingerprint density at radius 2 is 1.78 bits per heavy atom. The number of carbonyl (C=O) groups excluding carboxylic acids is 1. The number of aryl methyl sites for hydroxylation is 1. The van der Waals surface area contributed by atoms with Gasteiger partial charge in [0, 0.05) is 13.0 Å². The summed E-state index contributed by atoms with van der Waals surface area (Å²) < 4.78 is 10.6. The Morgan fingerprint density at radius 3 is 2.41 bits per heavy atom. The van der Waals surface area contributed by atoms with Crippen molar-refractivity contribution >= 4 is 5.91 Å². The number of benzene rings is 2. The largest absolute Gasteiger partial charge is 0.493 e. The molecular formula is C23H29NO3. The Morgan fingerprint density at radius 1 is 1.07 bits per heavy atom. The molecule has 4 nitrogen and oxygen atoms in total. The highest BCUT2D eigenvalue weighted by Crippen LogP contribution is 2.44. The first kappa shape index (κ1) is 19.3. The lowest BCUT2D eigenvalue weighted by atomic mass is 9.90. The van der Waals surface area contributed by atoms with E-state index in [0.717, 1.165) is 23.5 Å². The van der Waals surface area contributed by atoms with E-state index >= 15 is 0 Å². The molecule has 0 bridgehead atoms. The summed E-state index contributed by atoms with van der Waals surface area (Å²) in [4.78, 5) is 12.5. The molecule has 0 aromatic heterocycles. The summed E-state index contributed by atoms with van der Waals surface area (Å²) in [6, 6.07) is 14.5. The first-order valence-corrected chi connectivity index (χ1v) is 9.65. The summed E-state index contributed by atoms with van der Waals surface area (Å²) >= 11 is 0. The normalized spacial score (nSPS) is 14.5. The van der Waals surface area contributed by atoms with Crippen molar-refractivity contribution in [2.75, 3.05) is 20.8 Å². The Balaban J connectivity index is 1.52. The van der Waals surface area contributed by atoms with Crippen LogP contribution in [0.3, 0.4) is 0 Å². The molecule has 0 aliphatic heterocycles. The maximum Gasteiger partial charge on any atom is 0.220 e. The zero-order chi connectivity index (χ0) is 19.2. The number of hydrogen-bond acceptors (Lipinski definition) is 3. The molecule has 0 spiro atoms. The van der Waals surface area contributed by atoms with Gasteiger partial charge in [0.15, 0.2) is 11.5 Å². The minimum Gasteiger partial charge on any atom is -0.493 e. The Bertz CT molecular complexity index is 766. The third-order valence-corrected chi connectivity index (χ3v) is 5.29. The number of ether oxygens (including phenoxy) is 2. The fourth-order valence-electron chi connectivity index (χ4n) is 3.52. The van der Waals surface area contributed by atoms with E-state index in [0.29, 0.717) is 24.8 Å². The smallest absolute Gasteiger partial charge is 0.220 e. The molecule has 1 saturated carbocycles. The van der Waals surface area contributed by atoms with E-state index < -0.39 is 0 Å². The highest BCUT2D eigenvalue weighted by molar-refractivity contribution is 5.77. The van der Waals surface area contributed by atoms with Crippen molar-refractivity contribution < 1.29 is 14.3 Å². The quantitative estimate of drug-likeness (QED) is 0.720. The average molecular weight is 367 g/mol. The van der Waals surface area contributed by atoms with Gasteiger partial charge in [0.2, 0.25) is 5.91 Å². The summed E-state index contributed by atoms with van der Waals surface area (Å²) in [6.07, 6.45) is 3.80. The molecule has 0 radical (unpaired) electrons. The van der Waals surface area contributed by atoms with Gasteiger partial charge in [-0.2, -0.15) is 0 Å². The van der Waals surface area contributed by atoms with Crippen LogP contribution < -0.4 is 14.8 Å². The number of carbonyl (C=O) groups is 1. The molecule has 2 aromatic rings. The maximum absolute atomic E-state index is 12.5. The van der Waals surface area contributed by atoms with Crippen molar-refractivity contribution in [2.45, 2.75) is 38.5 Å². The molecule has 27 heavy (non-hydrogen) atoms. The fourth-order valence-corrected chi connectivity index (χ4v) is 3.52. The van der Waals surface area contributed by atoms with Crippen LogP contribution in [0.15, 0.2) is 42.5 Å². The van der Waals surface area contributed by atoms with Gasteiger partial charge in [0.25, 0.3) is 0 Å². The average Bonchev–Trinajstić information content (AvgIpc) is 3.52. The lowest BCUT2D eigenvalue weighted by Crippen LogP contribution is -2.27. The number of methoxy groups -OCH3 is 2. The van der Waals surface area contributed by atoms with E-state index in [1.165, 1.54) is 24.0 Å². The van der Waals surface area contributed by atoms with Crippen molar-refractivity contribution in [1.29, 1.82) is 0 Å². The van der Waals surface area contributed by atoms with Crippen LogP contribution in [0.1, 0.15) is 41.9 Å². The van der Waals surface area contributed by atoms with Gasteiger partial charge in [-0.15, -0.1) is 0 Å². The van der Waals surface area contributed by atoms with Crippen molar-refractivity contribution in [1.82, 2.24) is 5.32 Å². The predicted octanol–water partition coefficient (Wildman–Crippen LogP) is 4.25. The second-order valence-corrected chi connectivity index (χ2v) is 7.35. The van der Waals surface area contributed by atoms with Gasteiger partial charge in [-0.1, -0.05) is 35.9 Å². The van der Waals surface area contributed by atoms with Gasteiger partial charge in [-0.25, -0.2) is 0 Å². The zero-order valence-electron chi connectivity index (χ0n) is 16.5. The third-order valence-electron chi connectivity index (χ3n) is 5.29. The topological polar surface area (TPSA) is 47.6 Å². The molecule has 3 rings (SSSR count). The van der Waals surface area contributed by atoms with Crippen molar-refractivity contribution in [3.63, 3.8) is 0 Å². The molecule has 0 heterocycles. The third kappa shape index (κ3) is 5.25. The van der Waals surface area contributed by atoms with E-state index in [2.05, 4.69) is 36.5 Å². The highest BCUT2D eigenvalue weighted by atomic mass is 16.5. The fraction of sp³-hybridized carbons (Fsp3) is 0.435. The van der Waals surface area contributed by atoms with Crippen LogP contribution in [0.2, 0.25) is 0 Å². The second kappa shape index (κ2) is 8.94. The van der Waals surface area contributed by atoms with Crippen LogP contribution in [0, 0.1) is 12.8 Å². The summed E-state index contributed by atoms with van der Waals surface area (Å²) in [5.41, 5.74) is 3.66. The minimum atomic E-state index is 0.132. The standard InChI is InChI=1S/C23H29NO3/c1-16-4-7-18(8-5-16)20(19-9-10-19)15-23(25)24-13-12-17-6-11-21(26-2)22(14-17)27-3/h4-8,11,14,19-20H,9-10,12-13,15H2,1-3H3,(H,24,25). The summed E-state index contributed by atoms with van der Waals surface area (Å²) in [7, 11) is 3.26.